The molecular weight excluding hydrogens is 228 g/mol. The standard InChI is InChI=1S/C10H16N2OS2/c1-5-6(2)12-8(13)7(10(3,4)15)11-9(12)14/h5-7,15H,1H2,2-4H3,(H,11,14)/t6?,7-/m1/s1. The zero-order valence-electron chi connectivity index (χ0n) is 9.15. The number of thiol groups is 1. The van der Waals surface area contributed by atoms with Crippen molar-refractivity contribution in [3.05, 3.63) is 12.7 Å². The van der Waals surface area contributed by atoms with E-state index >= 15 is 0 Å². The second-order valence-electron chi connectivity index (χ2n) is 4.22. The predicted molar refractivity (Wildman–Crippen MR) is 69.1 cm³/mol. The smallest absolute Gasteiger partial charge is 0.253 e. The van der Waals surface area contributed by atoms with Crippen LogP contribution in [0.5, 0.6) is 0 Å². The Morgan fingerprint density at radius 2 is 2.27 bits per heavy atom. The first kappa shape index (κ1) is 12.5. The van der Waals surface area contributed by atoms with Crippen LogP contribution in [0.25, 0.3) is 0 Å². The van der Waals surface area contributed by atoms with Gasteiger partial charge in [-0.1, -0.05) is 6.08 Å². The minimum Gasteiger partial charge on any atom is -0.349 e. The van der Waals surface area contributed by atoms with Crippen LogP contribution in [0, 0.1) is 0 Å². The summed E-state index contributed by atoms with van der Waals surface area (Å²) in [6.45, 7) is 9.31. The van der Waals surface area contributed by atoms with Crippen LogP contribution < -0.4 is 5.32 Å². The fraction of sp³-hybridized carbons (Fsp3) is 0.600. The first-order chi connectivity index (χ1) is 6.79. The first-order valence-electron chi connectivity index (χ1n) is 4.77. The minimum atomic E-state index is -0.434. The average molecular weight is 244 g/mol. The van der Waals surface area contributed by atoms with E-state index in [0.717, 1.165) is 0 Å². The number of thiocarbonyl (C=S) groups is 1. The lowest BCUT2D eigenvalue weighted by Gasteiger charge is -2.24. The number of carbonyl (C=O) groups is 1. The Hall–Kier alpha value is -0.550. The molecule has 15 heavy (non-hydrogen) atoms. The van der Waals surface area contributed by atoms with Gasteiger partial charge in [0.1, 0.15) is 6.04 Å². The number of rotatable bonds is 3. The van der Waals surface area contributed by atoms with E-state index in [9.17, 15) is 4.79 Å². The first-order valence-corrected chi connectivity index (χ1v) is 5.63. The second-order valence-corrected chi connectivity index (χ2v) is 5.76. The molecule has 3 nitrogen and oxygen atoms in total. The molecule has 1 aliphatic heterocycles. The molecule has 0 aromatic rings. The van der Waals surface area contributed by atoms with Crippen molar-refractivity contribution in [3.8, 4) is 0 Å². The van der Waals surface area contributed by atoms with Crippen molar-refractivity contribution in [3.63, 3.8) is 0 Å². The molecular formula is C10H16N2OS2. The van der Waals surface area contributed by atoms with Gasteiger partial charge in [-0.25, -0.2) is 0 Å². The largest absolute Gasteiger partial charge is 0.349 e. The Labute approximate surface area is 101 Å². The Balaban J connectivity index is 2.94. The minimum absolute atomic E-state index is 0.0348. The molecule has 0 bridgehead atoms. The van der Waals surface area contributed by atoms with Crippen LogP contribution in [0.3, 0.4) is 0 Å². The van der Waals surface area contributed by atoms with Gasteiger partial charge in [-0.05, 0) is 33.0 Å². The van der Waals surface area contributed by atoms with Crippen molar-refractivity contribution in [1.82, 2.24) is 10.2 Å². The van der Waals surface area contributed by atoms with Crippen molar-refractivity contribution in [1.29, 1.82) is 0 Å². The molecule has 1 rings (SSSR count). The SMILES string of the molecule is C=CC(C)N1C(=O)[C@H](C(C)(C)S)NC1=S. The molecule has 1 amide bonds. The summed E-state index contributed by atoms with van der Waals surface area (Å²) in [5.41, 5.74) is 0. The Kier molecular flexibility index (Phi) is 3.45. The van der Waals surface area contributed by atoms with Crippen LogP contribution >= 0.6 is 24.8 Å². The molecule has 0 saturated carbocycles. The molecule has 1 aliphatic rings. The fourth-order valence-corrected chi connectivity index (χ4v) is 2.01. The summed E-state index contributed by atoms with van der Waals surface area (Å²) in [4.78, 5) is 13.6. The van der Waals surface area contributed by atoms with E-state index in [1.54, 1.807) is 11.0 Å². The monoisotopic (exact) mass is 244 g/mol. The fourth-order valence-electron chi connectivity index (χ4n) is 1.46. The number of nitrogens with zero attached hydrogens (tertiary/aromatic N) is 1. The van der Waals surface area contributed by atoms with Crippen LogP contribution in [0.1, 0.15) is 20.8 Å². The Morgan fingerprint density at radius 1 is 1.73 bits per heavy atom. The summed E-state index contributed by atoms with van der Waals surface area (Å²) < 4.78 is -0.434. The van der Waals surface area contributed by atoms with Gasteiger partial charge in [0.25, 0.3) is 5.91 Å². The van der Waals surface area contributed by atoms with Crippen LogP contribution in [-0.4, -0.2) is 32.8 Å². The van der Waals surface area contributed by atoms with Gasteiger partial charge in [0, 0.05) is 4.75 Å². The van der Waals surface area contributed by atoms with Crippen molar-refractivity contribution >= 4 is 35.9 Å². The maximum absolute atomic E-state index is 12.0. The summed E-state index contributed by atoms with van der Waals surface area (Å²) in [6, 6.07) is -0.450. The van der Waals surface area contributed by atoms with E-state index < -0.39 is 4.75 Å². The van der Waals surface area contributed by atoms with E-state index in [4.69, 9.17) is 12.2 Å². The van der Waals surface area contributed by atoms with Crippen molar-refractivity contribution in [2.24, 2.45) is 0 Å². The van der Waals surface area contributed by atoms with Gasteiger partial charge in [-0.15, -0.1) is 6.58 Å². The Bertz CT molecular complexity index is 309. The molecule has 0 aromatic carbocycles. The van der Waals surface area contributed by atoms with Gasteiger partial charge in [0.05, 0.1) is 6.04 Å². The van der Waals surface area contributed by atoms with E-state index in [2.05, 4.69) is 24.5 Å². The van der Waals surface area contributed by atoms with Crippen LogP contribution in [0.4, 0.5) is 0 Å². The topological polar surface area (TPSA) is 32.3 Å². The highest BCUT2D eigenvalue weighted by molar-refractivity contribution is 7.82. The molecule has 1 N–H and O–H groups in total. The third kappa shape index (κ3) is 2.34. The van der Waals surface area contributed by atoms with Crippen LogP contribution in [0.15, 0.2) is 12.7 Å². The number of carbonyl (C=O) groups excluding carboxylic acids is 1. The number of hydrogen-bond acceptors (Lipinski definition) is 3. The number of nitrogens with one attached hydrogen (secondary N) is 1. The van der Waals surface area contributed by atoms with E-state index in [1.807, 2.05) is 20.8 Å². The predicted octanol–water partition coefficient (Wildman–Crippen LogP) is 1.35. The zero-order valence-corrected chi connectivity index (χ0v) is 10.9. The van der Waals surface area contributed by atoms with E-state index in [0.29, 0.717) is 5.11 Å². The zero-order chi connectivity index (χ0) is 11.8. The lowest BCUT2D eigenvalue weighted by Crippen LogP contribution is -2.45. The van der Waals surface area contributed by atoms with Crippen LogP contribution in [-0.2, 0) is 4.79 Å². The number of amides is 1. The van der Waals surface area contributed by atoms with E-state index in [-0.39, 0.29) is 18.0 Å². The molecule has 2 atom stereocenters. The summed E-state index contributed by atoms with van der Waals surface area (Å²) in [5, 5.41) is 3.45. The second kappa shape index (κ2) is 4.14. The molecule has 0 aliphatic carbocycles. The van der Waals surface area contributed by atoms with Crippen molar-refractivity contribution in [2.75, 3.05) is 0 Å². The third-order valence-electron chi connectivity index (χ3n) is 2.43. The summed E-state index contributed by atoms with van der Waals surface area (Å²) in [7, 11) is 0. The van der Waals surface area contributed by atoms with Crippen molar-refractivity contribution in [2.45, 2.75) is 37.6 Å². The van der Waals surface area contributed by atoms with Gasteiger partial charge in [0.2, 0.25) is 0 Å². The van der Waals surface area contributed by atoms with Gasteiger partial charge >= 0.3 is 0 Å². The maximum atomic E-state index is 12.0. The molecule has 0 radical (unpaired) electrons. The molecule has 1 heterocycles. The maximum Gasteiger partial charge on any atom is 0.253 e. The highest BCUT2D eigenvalue weighted by atomic mass is 32.1. The normalized spacial score (nSPS) is 24.0. The number of hydrogen-bond donors (Lipinski definition) is 2. The molecule has 0 spiro atoms. The van der Waals surface area contributed by atoms with Gasteiger partial charge in [-0.3, -0.25) is 9.69 Å². The highest BCUT2D eigenvalue weighted by Crippen LogP contribution is 2.24. The molecule has 1 saturated heterocycles. The van der Waals surface area contributed by atoms with Crippen LogP contribution in [0.2, 0.25) is 0 Å². The summed E-state index contributed by atoms with van der Waals surface area (Å²) >= 11 is 9.51. The molecule has 1 unspecified atom stereocenters. The van der Waals surface area contributed by atoms with Gasteiger partial charge in [-0.2, -0.15) is 12.6 Å². The summed E-state index contributed by atoms with van der Waals surface area (Å²) in [6.07, 6.45) is 1.69. The van der Waals surface area contributed by atoms with Gasteiger partial charge < -0.3 is 5.32 Å². The van der Waals surface area contributed by atoms with Crippen molar-refractivity contribution < 1.29 is 4.79 Å². The highest BCUT2D eigenvalue weighted by Gasteiger charge is 2.44. The quantitative estimate of drug-likeness (QED) is 0.447. The molecule has 5 heteroatoms. The molecule has 0 aromatic heterocycles. The summed E-state index contributed by atoms with van der Waals surface area (Å²) in [5.74, 6) is -0.0348. The van der Waals surface area contributed by atoms with Gasteiger partial charge in [0.15, 0.2) is 5.11 Å². The lowest BCUT2D eigenvalue weighted by atomic mass is 10.0. The third-order valence-corrected chi connectivity index (χ3v) is 3.00. The average Bonchev–Trinajstić information content (AvgIpc) is 2.40. The van der Waals surface area contributed by atoms with E-state index in [1.165, 1.54) is 0 Å². The molecule has 1 fully saturated rings. The molecule has 84 valence electrons. The Morgan fingerprint density at radius 3 is 2.60 bits per heavy atom. The lowest BCUT2D eigenvalue weighted by molar-refractivity contribution is -0.128.